The Labute approximate surface area is 186 Å². The number of nitrogens with one attached hydrogen (secondary N) is 1. The fraction of sp³-hybridized carbons (Fsp3) is 0.348. The van der Waals surface area contributed by atoms with E-state index in [1.54, 1.807) is 4.90 Å². The van der Waals surface area contributed by atoms with Crippen LogP contribution in [0.2, 0.25) is 0 Å². The molecule has 0 bridgehead atoms. The van der Waals surface area contributed by atoms with Crippen LogP contribution in [0.4, 0.5) is 9.59 Å². The summed E-state index contributed by atoms with van der Waals surface area (Å²) in [5.41, 5.74) is 4.03. The number of carboxylic acids is 1. The Balaban J connectivity index is 1.60. The van der Waals surface area contributed by atoms with E-state index in [4.69, 9.17) is 9.47 Å². The van der Waals surface area contributed by atoms with Gasteiger partial charge >= 0.3 is 18.2 Å². The summed E-state index contributed by atoms with van der Waals surface area (Å²) in [4.78, 5) is 38.2. The summed E-state index contributed by atoms with van der Waals surface area (Å²) >= 11 is 0. The lowest BCUT2D eigenvalue weighted by Crippen LogP contribution is -2.53. The summed E-state index contributed by atoms with van der Waals surface area (Å²) in [5.74, 6) is -1.39. The van der Waals surface area contributed by atoms with E-state index in [0.717, 1.165) is 16.1 Å². The van der Waals surface area contributed by atoms with Crippen LogP contribution < -0.4 is 5.43 Å². The fourth-order valence-corrected chi connectivity index (χ4v) is 3.39. The van der Waals surface area contributed by atoms with Gasteiger partial charge in [-0.05, 0) is 30.5 Å². The maximum absolute atomic E-state index is 12.7. The number of amides is 2. The second-order valence-electron chi connectivity index (χ2n) is 7.54. The highest BCUT2D eigenvalue weighted by Gasteiger charge is 2.29. The first-order valence-electron chi connectivity index (χ1n) is 10.4. The molecule has 1 fully saturated rings. The lowest BCUT2D eigenvalue weighted by Gasteiger charge is -2.34. The van der Waals surface area contributed by atoms with Crippen LogP contribution in [0.1, 0.15) is 24.0 Å². The molecule has 1 saturated heterocycles. The molecule has 2 amide bonds. The number of carbonyl (C=O) groups excluding carboxylic acids is 2. The van der Waals surface area contributed by atoms with E-state index in [-0.39, 0.29) is 26.4 Å². The third-order valence-electron chi connectivity index (χ3n) is 5.06. The van der Waals surface area contributed by atoms with Gasteiger partial charge in [-0.1, -0.05) is 60.7 Å². The first kappa shape index (κ1) is 23.1. The summed E-state index contributed by atoms with van der Waals surface area (Å²) in [6.45, 7) is 0.947. The third kappa shape index (κ3) is 7.28. The molecule has 1 heterocycles. The van der Waals surface area contributed by atoms with Gasteiger partial charge in [0.25, 0.3) is 0 Å². The number of likely N-dealkylation sites (tertiary alicyclic amines) is 1. The SMILES string of the molecule is O=C(NN(CN1CCCC(C(=O)O)C1)C(=O)OCc1ccccc1)OCc1ccccc1. The molecule has 9 nitrogen and oxygen atoms in total. The monoisotopic (exact) mass is 441 g/mol. The number of benzene rings is 2. The lowest BCUT2D eigenvalue weighted by atomic mass is 9.99. The van der Waals surface area contributed by atoms with Crippen molar-refractivity contribution in [2.75, 3.05) is 19.8 Å². The molecule has 0 aliphatic carbocycles. The van der Waals surface area contributed by atoms with E-state index in [1.165, 1.54) is 0 Å². The molecule has 0 radical (unpaired) electrons. The molecular formula is C23H27N3O6. The zero-order chi connectivity index (χ0) is 22.8. The Kier molecular flexibility index (Phi) is 8.44. The Bertz CT molecular complexity index is 893. The Hall–Kier alpha value is -3.59. The van der Waals surface area contributed by atoms with Gasteiger partial charge < -0.3 is 14.6 Å². The highest BCUT2D eigenvalue weighted by molar-refractivity contribution is 5.74. The van der Waals surface area contributed by atoms with Gasteiger partial charge in [-0.3, -0.25) is 9.69 Å². The predicted octanol–water partition coefficient (Wildman–Crippen LogP) is 3.22. The number of hydrazine groups is 1. The van der Waals surface area contributed by atoms with Gasteiger partial charge in [0, 0.05) is 6.54 Å². The van der Waals surface area contributed by atoms with Crippen LogP contribution in [0, 0.1) is 5.92 Å². The van der Waals surface area contributed by atoms with Gasteiger partial charge in [-0.25, -0.2) is 20.0 Å². The number of piperidine rings is 1. The van der Waals surface area contributed by atoms with E-state index in [9.17, 15) is 19.5 Å². The Morgan fingerprint density at radius 3 is 2.16 bits per heavy atom. The van der Waals surface area contributed by atoms with Gasteiger partial charge in [-0.15, -0.1) is 0 Å². The van der Waals surface area contributed by atoms with Crippen LogP contribution in [0.15, 0.2) is 60.7 Å². The molecule has 2 aromatic carbocycles. The van der Waals surface area contributed by atoms with Gasteiger partial charge in [0.05, 0.1) is 12.6 Å². The Morgan fingerprint density at radius 1 is 0.969 bits per heavy atom. The standard InChI is InChI=1S/C23H27N3O6/c27-21(28)20-12-7-13-25(14-20)17-26(23(30)32-16-19-10-5-2-6-11-19)24-22(29)31-15-18-8-3-1-4-9-18/h1-6,8-11,20H,7,12-17H2,(H,24,29)(H,27,28). The number of hydrogen-bond acceptors (Lipinski definition) is 6. The van der Waals surface area contributed by atoms with E-state index in [2.05, 4.69) is 5.43 Å². The number of rotatable bonds is 7. The van der Waals surface area contributed by atoms with E-state index < -0.39 is 24.1 Å². The number of nitrogens with zero attached hydrogens (tertiary/aromatic N) is 2. The average Bonchev–Trinajstić information content (AvgIpc) is 2.82. The van der Waals surface area contributed by atoms with Crippen LogP contribution >= 0.6 is 0 Å². The van der Waals surface area contributed by atoms with Gasteiger partial charge in [0.1, 0.15) is 13.2 Å². The van der Waals surface area contributed by atoms with Crippen LogP contribution in [0.5, 0.6) is 0 Å². The number of hydrogen-bond donors (Lipinski definition) is 2. The third-order valence-corrected chi connectivity index (χ3v) is 5.06. The molecule has 0 saturated carbocycles. The van der Waals surface area contributed by atoms with Crippen LogP contribution in [0.25, 0.3) is 0 Å². The normalized spacial score (nSPS) is 16.1. The van der Waals surface area contributed by atoms with E-state index in [0.29, 0.717) is 19.4 Å². The van der Waals surface area contributed by atoms with Crippen molar-refractivity contribution in [3.63, 3.8) is 0 Å². The molecule has 9 heteroatoms. The highest BCUT2D eigenvalue weighted by Crippen LogP contribution is 2.17. The van der Waals surface area contributed by atoms with Crippen LogP contribution in [-0.2, 0) is 27.5 Å². The van der Waals surface area contributed by atoms with Crippen molar-refractivity contribution in [3.8, 4) is 0 Å². The van der Waals surface area contributed by atoms with Crippen molar-refractivity contribution in [3.05, 3.63) is 71.8 Å². The van der Waals surface area contributed by atoms with Crippen molar-refractivity contribution in [1.82, 2.24) is 15.3 Å². The van der Waals surface area contributed by atoms with Crippen molar-refractivity contribution in [1.29, 1.82) is 0 Å². The smallest absolute Gasteiger partial charge is 0.430 e. The van der Waals surface area contributed by atoms with E-state index >= 15 is 0 Å². The summed E-state index contributed by atoms with van der Waals surface area (Å²) in [7, 11) is 0. The topological polar surface area (TPSA) is 108 Å². The average molecular weight is 441 g/mol. The number of aliphatic carboxylic acids is 1. The first-order chi connectivity index (χ1) is 15.5. The van der Waals surface area contributed by atoms with Gasteiger partial charge in [-0.2, -0.15) is 0 Å². The predicted molar refractivity (Wildman–Crippen MR) is 115 cm³/mol. The largest absolute Gasteiger partial charge is 0.481 e. The van der Waals surface area contributed by atoms with Crippen molar-refractivity contribution in [2.45, 2.75) is 26.1 Å². The van der Waals surface area contributed by atoms with Crippen LogP contribution in [-0.4, -0.2) is 52.9 Å². The Morgan fingerprint density at radius 2 is 1.56 bits per heavy atom. The lowest BCUT2D eigenvalue weighted by molar-refractivity contribution is -0.143. The summed E-state index contributed by atoms with van der Waals surface area (Å²) < 4.78 is 10.6. The molecule has 3 rings (SSSR count). The summed E-state index contributed by atoms with van der Waals surface area (Å²) in [5, 5.41) is 10.3. The molecule has 0 aromatic heterocycles. The maximum atomic E-state index is 12.7. The quantitative estimate of drug-likeness (QED) is 0.635. The van der Waals surface area contributed by atoms with Crippen molar-refractivity contribution < 1.29 is 29.0 Å². The minimum Gasteiger partial charge on any atom is -0.481 e. The molecule has 32 heavy (non-hydrogen) atoms. The minimum atomic E-state index is -0.872. The summed E-state index contributed by atoms with van der Waals surface area (Å²) in [6.07, 6.45) is -0.306. The van der Waals surface area contributed by atoms with E-state index in [1.807, 2.05) is 60.7 Å². The molecule has 1 atom stereocenters. The molecule has 1 aliphatic rings. The molecule has 2 aromatic rings. The van der Waals surface area contributed by atoms with Crippen LogP contribution in [0.3, 0.4) is 0 Å². The van der Waals surface area contributed by atoms with Crippen molar-refractivity contribution >= 4 is 18.2 Å². The fourth-order valence-electron chi connectivity index (χ4n) is 3.39. The first-order valence-corrected chi connectivity index (χ1v) is 10.4. The molecule has 2 N–H and O–H groups in total. The highest BCUT2D eigenvalue weighted by atomic mass is 16.6. The van der Waals surface area contributed by atoms with Crippen molar-refractivity contribution in [2.24, 2.45) is 5.92 Å². The minimum absolute atomic E-state index is 0.0160. The zero-order valence-electron chi connectivity index (χ0n) is 17.7. The zero-order valence-corrected chi connectivity index (χ0v) is 17.7. The molecule has 1 unspecified atom stereocenters. The second kappa shape index (κ2) is 11.7. The number of carbonyl (C=O) groups is 3. The summed E-state index contributed by atoms with van der Waals surface area (Å²) in [6, 6.07) is 18.3. The number of carboxylic acid groups (broad SMARTS) is 1. The second-order valence-corrected chi connectivity index (χ2v) is 7.54. The maximum Gasteiger partial charge on any atom is 0.430 e. The molecular weight excluding hydrogens is 414 g/mol. The molecule has 1 aliphatic heterocycles. The molecule has 0 spiro atoms. The molecule has 170 valence electrons. The van der Waals surface area contributed by atoms with Gasteiger partial charge in [0.15, 0.2) is 0 Å². The number of ether oxygens (including phenoxy) is 2. The van der Waals surface area contributed by atoms with Gasteiger partial charge in [0.2, 0.25) is 0 Å².